The van der Waals surface area contributed by atoms with Crippen molar-refractivity contribution < 1.29 is 35.6 Å². The molecule has 35 heavy (non-hydrogen) atoms. The van der Waals surface area contributed by atoms with Gasteiger partial charge in [-0.1, -0.05) is 12.1 Å². The van der Waals surface area contributed by atoms with Crippen molar-refractivity contribution in [3.05, 3.63) is 70.9 Å². The number of hydrogen-bond donors (Lipinski definition) is 2. The number of hydrogen-bond acceptors (Lipinski definition) is 8. The minimum Gasteiger partial charge on any atom is -0.307 e. The zero-order chi connectivity index (χ0) is 25.5. The van der Waals surface area contributed by atoms with E-state index in [1.54, 1.807) is 4.72 Å². The summed E-state index contributed by atoms with van der Waals surface area (Å²) in [6, 6.07) is 8.51. The molecule has 2 heterocycles. The second-order valence-electron chi connectivity index (χ2n) is 7.46. The monoisotopic (exact) mass is 537 g/mol. The van der Waals surface area contributed by atoms with Crippen molar-refractivity contribution in [2.75, 3.05) is 16.5 Å². The number of amides is 4. The smallest absolute Gasteiger partial charge is 0.307 e. The highest BCUT2D eigenvalue weighted by Crippen LogP contribution is 2.30. The molecule has 2 aromatic carbocycles. The summed E-state index contributed by atoms with van der Waals surface area (Å²) >= 11 is 0.903. The fourth-order valence-electron chi connectivity index (χ4n) is 3.37. The quantitative estimate of drug-likeness (QED) is 0.476. The number of rotatable bonds is 5. The molecule has 0 aliphatic carbocycles. The zero-order valence-corrected chi connectivity index (χ0v) is 20.3. The molecule has 0 unspecified atom stereocenters. The van der Waals surface area contributed by atoms with Crippen molar-refractivity contribution in [1.82, 2.24) is 4.72 Å². The van der Waals surface area contributed by atoms with Crippen LogP contribution < -0.4 is 14.9 Å². The SMILES string of the molecule is CS(=O)(=O)c1ccc2c(c1)C(=O)N(c1ccc(NC(=O)NS(=O)(=O)c3cccs3)cc1F)C(=O)C2. The standard InChI is InChI=1S/C21H16FN3O7S3/c1-34(29,30)14-6-4-12-9-18(26)25(20(27)15(12)11-14)17-7-5-13(10-16(17)22)23-21(28)24-35(31,32)19-3-2-8-33-19/h2-8,10-11H,9H2,1H3,(H2,23,24,28). The summed E-state index contributed by atoms with van der Waals surface area (Å²) in [5.74, 6) is -2.68. The molecule has 0 atom stereocenters. The van der Waals surface area contributed by atoms with E-state index in [4.69, 9.17) is 0 Å². The van der Waals surface area contributed by atoms with Crippen LogP contribution in [-0.4, -0.2) is 40.9 Å². The Hall–Kier alpha value is -3.62. The highest BCUT2D eigenvalue weighted by molar-refractivity contribution is 7.92. The van der Waals surface area contributed by atoms with Gasteiger partial charge in [0.15, 0.2) is 9.84 Å². The molecule has 3 aromatic rings. The van der Waals surface area contributed by atoms with Gasteiger partial charge in [-0.15, -0.1) is 11.3 Å². The predicted octanol–water partition coefficient (Wildman–Crippen LogP) is 2.53. The molecule has 0 bridgehead atoms. The lowest BCUT2D eigenvalue weighted by atomic mass is 9.98. The third-order valence-electron chi connectivity index (χ3n) is 4.97. The summed E-state index contributed by atoms with van der Waals surface area (Å²) in [7, 11) is -7.73. The summed E-state index contributed by atoms with van der Waals surface area (Å²) < 4.78 is 64.6. The maximum Gasteiger partial charge on any atom is 0.333 e. The number of imide groups is 1. The van der Waals surface area contributed by atoms with E-state index < -0.39 is 49.2 Å². The molecule has 4 amide bonds. The van der Waals surface area contributed by atoms with Crippen LogP contribution in [-0.2, 0) is 31.1 Å². The number of anilines is 2. The first-order valence-electron chi connectivity index (χ1n) is 9.74. The molecule has 1 aliphatic heterocycles. The largest absolute Gasteiger partial charge is 0.333 e. The molecule has 14 heteroatoms. The number of sulfonamides is 1. The molecule has 0 spiro atoms. The first kappa shape index (κ1) is 24.5. The molecular formula is C21H16FN3O7S3. The molecule has 10 nitrogen and oxygen atoms in total. The number of carbonyl (C=O) groups is 3. The van der Waals surface area contributed by atoms with Crippen molar-refractivity contribution in [2.45, 2.75) is 15.5 Å². The summed E-state index contributed by atoms with van der Waals surface area (Å²) in [5.41, 5.74) is -0.285. The minimum absolute atomic E-state index is 0.0488. The maximum atomic E-state index is 14.9. The highest BCUT2D eigenvalue weighted by atomic mass is 32.2. The van der Waals surface area contributed by atoms with E-state index in [1.807, 2.05) is 0 Å². The number of carbonyl (C=O) groups excluding carboxylic acids is 3. The van der Waals surface area contributed by atoms with Crippen LogP contribution in [0.25, 0.3) is 0 Å². The average molecular weight is 538 g/mol. The number of halogens is 1. The number of fused-ring (bicyclic) bond motifs is 1. The first-order valence-corrected chi connectivity index (χ1v) is 14.0. The lowest BCUT2D eigenvalue weighted by molar-refractivity contribution is -0.117. The Kier molecular flexibility index (Phi) is 6.21. The molecule has 1 aliphatic rings. The molecule has 1 aromatic heterocycles. The molecule has 4 rings (SSSR count). The van der Waals surface area contributed by atoms with Gasteiger partial charge in [0.1, 0.15) is 10.0 Å². The Morgan fingerprint density at radius 3 is 2.43 bits per heavy atom. The maximum absolute atomic E-state index is 14.9. The summed E-state index contributed by atoms with van der Waals surface area (Å²) in [6.45, 7) is 0. The van der Waals surface area contributed by atoms with Crippen molar-refractivity contribution >= 4 is 60.4 Å². The first-order chi connectivity index (χ1) is 16.4. The Bertz CT molecular complexity index is 1580. The van der Waals surface area contributed by atoms with Gasteiger partial charge in [-0.2, -0.15) is 0 Å². The van der Waals surface area contributed by atoms with Gasteiger partial charge >= 0.3 is 6.03 Å². The van der Waals surface area contributed by atoms with Gasteiger partial charge in [0.25, 0.3) is 15.9 Å². The van der Waals surface area contributed by atoms with Crippen LogP contribution in [0.1, 0.15) is 15.9 Å². The Labute approximate surface area is 203 Å². The fourth-order valence-corrected chi connectivity index (χ4v) is 5.92. The van der Waals surface area contributed by atoms with Gasteiger partial charge < -0.3 is 5.32 Å². The highest BCUT2D eigenvalue weighted by Gasteiger charge is 2.34. The van der Waals surface area contributed by atoms with Gasteiger partial charge in [-0.05, 0) is 47.3 Å². The minimum atomic E-state index is -4.11. The van der Waals surface area contributed by atoms with E-state index >= 15 is 0 Å². The molecular weight excluding hydrogens is 521 g/mol. The number of sulfone groups is 1. The topological polar surface area (TPSA) is 147 Å². The number of benzene rings is 2. The average Bonchev–Trinajstić information content (AvgIpc) is 3.30. The van der Waals surface area contributed by atoms with Crippen molar-refractivity contribution in [1.29, 1.82) is 0 Å². The predicted molar refractivity (Wildman–Crippen MR) is 125 cm³/mol. The number of thiophene rings is 1. The van der Waals surface area contributed by atoms with Crippen molar-refractivity contribution in [2.24, 2.45) is 0 Å². The van der Waals surface area contributed by atoms with Gasteiger partial charge in [-0.25, -0.2) is 35.6 Å². The Balaban J connectivity index is 1.57. The molecule has 182 valence electrons. The van der Waals surface area contributed by atoms with E-state index in [0.29, 0.717) is 10.5 Å². The third kappa shape index (κ3) is 4.94. The van der Waals surface area contributed by atoms with Crippen molar-refractivity contribution in [3.63, 3.8) is 0 Å². The molecule has 0 saturated carbocycles. The number of nitrogens with one attached hydrogen (secondary N) is 2. The van der Waals surface area contributed by atoms with E-state index in [0.717, 1.165) is 35.8 Å². The van der Waals surface area contributed by atoms with Crippen LogP contribution in [0.4, 0.5) is 20.6 Å². The van der Waals surface area contributed by atoms with Gasteiger partial charge in [-0.3, -0.25) is 9.59 Å². The summed E-state index contributed by atoms with van der Waals surface area (Å²) in [4.78, 5) is 38.2. The number of urea groups is 1. The molecule has 0 radical (unpaired) electrons. The normalized spacial score (nSPS) is 13.9. The Morgan fingerprint density at radius 2 is 1.80 bits per heavy atom. The van der Waals surface area contributed by atoms with Crippen LogP contribution in [0.5, 0.6) is 0 Å². The van der Waals surface area contributed by atoms with Crippen LogP contribution >= 0.6 is 11.3 Å². The molecule has 0 fully saturated rings. The lowest BCUT2D eigenvalue weighted by Crippen LogP contribution is -2.43. The summed E-state index contributed by atoms with van der Waals surface area (Å²) in [5, 5.41) is 3.69. The fraction of sp³-hybridized carbons (Fsp3) is 0.0952. The number of nitrogens with zero attached hydrogens (tertiary/aromatic N) is 1. The zero-order valence-electron chi connectivity index (χ0n) is 17.8. The lowest BCUT2D eigenvalue weighted by Gasteiger charge is -2.27. The molecule has 2 N–H and O–H groups in total. The second-order valence-corrected chi connectivity index (χ2v) is 12.3. The van der Waals surface area contributed by atoms with Crippen LogP contribution in [0.3, 0.4) is 0 Å². The van der Waals surface area contributed by atoms with Gasteiger partial charge in [0, 0.05) is 17.5 Å². The van der Waals surface area contributed by atoms with E-state index in [2.05, 4.69) is 5.32 Å². The third-order valence-corrected chi connectivity index (χ3v) is 8.81. The van der Waals surface area contributed by atoms with Gasteiger partial charge in [0.05, 0.1) is 17.0 Å². The van der Waals surface area contributed by atoms with Crippen LogP contribution in [0.15, 0.2) is 63.0 Å². The van der Waals surface area contributed by atoms with Crippen molar-refractivity contribution in [3.8, 4) is 0 Å². The Morgan fingerprint density at radius 1 is 1.06 bits per heavy atom. The van der Waals surface area contributed by atoms with E-state index in [1.165, 1.54) is 35.7 Å². The van der Waals surface area contributed by atoms with Crippen LogP contribution in [0.2, 0.25) is 0 Å². The van der Waals surface area contributed by atoms with Crippen LogP contribution in [0, 0.1) is 5.82 Å². The molecule has 0 saturated heterocycles. The van der Waals surface area contributed by atoms with E-state index in [-0.39, 0.29) is 26.8 Å². The van der Waals surface area contributed by atoms with E-state index in [9.17, 15) is 35.6 Å². The summed E-state index contributed by atoms with van der Waals surface area (Å²) in [6.07, 6.45) is 0.714. The second kappa shape index (κ2) is 8.87. The van der Waals surface area contributed by atoms with Gasteiger partial charge in [0.2, 0.25) is 5.91 Å².